The molecule has 12 rings (SSSR count). The van der Waals surface area contributed by atoms with Crippen LogP contribution in [0, 0.1) is 29.1 Å². The van der Waals surface area contributed by atoms with Crippen LogP contribution in [-0.2, 0) is 6.18 Å². The van der Waals surface area contributed by atoms with Crippen LogP contribution in [0.1, 0.15) is 5.56 Å². The Balaban J connectivity index is 1.39. The van der Waals surface area contributed by atoms with Gasteiger partial charge in [-0.05, 0) is 60.7 Å². The molecule has 4 nitrogen and oxygen atoms in total. The van der Waals surface area contributed by atoms with Crippen molar-refractivity contribution in [3.05, 3.63) is 168 Å². The molecule has 0 unspecified atom stereocenters. The second-order valence-corrected chi connectivity index (χ2v) is 14.9. The minimum Gasteiger partial charge on any atom is -0.456 e. The number of fused-ring (bicyclic) bond motifs is 14. The molecular weight excluding hydrogens is 801 g/mol. The van der Waals surface area contributed by atoms with E-state index in [9.17, 15) is 4.39 Å². The van der Waals surface area contributed by atoms with E-state index in [-0.39, 0.29) is 22.1 Å². The van der Waals surface area contributed by atoms with E-state index >= 15 is 30.7 Å². The molecule has 0 fully saturated rings. The van der Waals surface area contributed by atoms with E-state index in [4.69, 9.17) is 8.83 Å². The second kappa shape index (κ2) is 12.2. The monoisotopic (exact) mass is 822 g/mol. The highest BCUT2D eigenvalue weighted by Gasteiger charge is 2.38. The van der Waals surface area contributed by atoms with Crippen molar-refractivity contribution >= 4 is 87.5 Å². The van der Waals surface area contributed by atoms with Crippen LogP contribution in [0.2, 0.25) is 0 Å². The van der Waals surface area contributed by atoms with Crippen LogP contribution in [0.4, 0.5) is 35.1 Å². The maximum Gasteiger partial charge on any atom is 0.416 e. The number of furan rings is 2. The zero-order valence-electron chi connectivity index (χ0n) is 30.9. The van der Waals surface area contributed by atoms with Crippen LogP contribution in [0.5, 0.6) is 0 Å². The van der Waals surface area contributed by atoms with E-state index in [1.807, 2.05) is 0 Å². The lowest BCUT2D eigenvalue weighted by Gasteiger charge is -2.23. The first-order valence-corrected chi connectivity index (χ1v) is 19.0. The van der Waals surface area contributed by atoms with Crippen molar-refractivity contribution in [3.8, 4) is 22.5 Å². The summed E-state index contributed by atoms with van der Waals surface area (Å²) in [5, 5.41) is 4.19. The molecule has 0 spiro atoms. The number of halogens is 8. The van der Waals surface area contributed by atoms with Gasteiger partial charge in [0.1, 0.15) is 22.3 Å². The summed E-state index contributed by atoms with van der Waals surface area (Å²) < 4.78 is 142. The molecule has 0 atom stereocenters. The molecule has 12 aromatic rings. The van der Waals surface area contributed by atoms with Crippen molar-refractivity contribution in [1.29, 1.82) is 0 Å². The first-order valence-electron chi connectivity index (χ1n) is 19.0. The van der Waals surface area contributed by atoms with Crippen molar-refractivity contribution in [2.75, 3.05) is 0 Å². The Hall–Kier alpha value is -7.60. The average molecular weight is 823 g/mol. The van der Waals surface area contributed by atoms with Crippen molar-refractivity contribution in [2.45, 2.75) is 6.18 Å². The van der Waals surface area contributed by atoms with Gasteiger partial charge >= 0.3 is 6.18 Å². The molecule has 61 heavy (non-hydrogen) atoms. The number of hydrogen-bond acceptors (Lipinski definition) is 2. The smallest absolute Gasteiger partial charge is 0.416 e. The predicted octanol–water partition coefficient (Wildman–Crippen LogP) is 15.1. The topological polar surface area (TPSA) is 36.1 Å². The molecule has 8 aromatic carbocycles. The summed E-state index contributed by atoms with van der Waals surface area (Å²) in [7, 11) is 0. The molecule has 0 saturated carbocycles. The van der Waals surface area contributed by atoms with Crippen LogP contribution >= 0.6 is 0 Å². The van der Waals surface area contributed by atoms with E-state index in [0.29, 0.717) is 77.6 Å². The van der Waals surface area contributed by atoms with Gasteiger partial charge in [0.05, 0.1) is 55.3 Å². The van der Waals surface area contributed by atoms with Crippen LogP contribution in [0.3, 0.4) is 0 Å². The Morgan fingerprint density at radius 3 is 1.21 bits per heavy atom. The molecular formula is C49H22F8N2O2. The SMILES string of the molecule is Fc1c(F)c(F)c(-c2c(-n3c4ccccc4c4ccc5oc6ccccc6c5c43)cc(C(F)(F)F)cc2-n2c3ccccc3c3ccc4oc5ccccc5c4c32)c(F)c1F. The van der Waals surface area contributed by atoms with E-state index in [2.05, 4.69) is 0 Å². The summed E-state index contributed by atoms with van der Waals surface area (Å²) in [6.45, 7) is 0. The molecule has 0 aliphatic carbocycles. The summed E-state index contributed by atoms with van der Waals surface area (Å²) in [6.07, 6.45) is -5.09. The number of rotatable bonds is 3. The first-order chi connectivity index (χ1) is 29.5. The lowest BCUT2D eigenvalue weighted by atomic mass is 9.95. The highest BCUT2D eigenvalue weighted by molar-refractivity contribution is 6.26. The Bertz CT molecular complexity index is 3650. The number of hydrogen-bond donors (Lipinski definition) is 0. The summed E-state index contributed by atoms with van der Waals surface area (Å²) in [6, 6.07) is 35.7. The molecule has 4 heterocycles. The van der Waals surface area contributed by atoms with Crippen molar-refractivity contribution < 1.29 is 44.0 Å². The Kier molecular flexibility index (Phi) is 7.09. The maximum absolute atomic E-state index is 16.8. The fourth-order valence-corrected chi connectivity index (χ4v) is 9.24. The van der Waals surface area contributed by atoms with E-state index in [0.717, 1.165) is 0 Å². The zero-order chi connectivity index (χ0) is 41.6. The number of alkyl halides is 3. The second-order valence-electron chi connectivity index (χ2n) is 14.9. The molecule has 296 valence electrons. The minimum atomic E-state index is -5.09. The molecule has 0 radical (unpaired) electrons. The molecule has 12 heteroatoms. The molecule has 0 aliphatic heterocycles. The van der Waals surface area contributed by atoms with Crippen LogP contribution in [-0.4, -0.2) is 9.13 Å². The summed E-state index contributed by atoms with van der Waals surface area (Å²) >= 11 is 0. The van der Waals surface area contributed by atoms with Crippen molar-refractivity contribution in [3.63, 3.8) is 0 Å². The highest BCUT2D eigenvalue weighted by atomic mass is 19.4. The summed E-state index contributed by atoms with van der Waals surface area (Å²) in [5.41, 5.74) is -1.64. The van der Waals surface area contributed by atoms with Gasteiger partial charge in [0.15, 0.2) is 23.3 Å². The van der Waals surface area contributed by atoms with Gasteiger partial charge in [-0.25, -0.2) is 22.0 Å². The van der Waals surface area contributed by atoms with Gasteiger partial charge in [-0.2, -0.15) is 13.2 Å². The normalized spacial score (nSPS) is 12.6. The number of para-hydroxylation sites is 4. The van der Waals surface area contributed by atoms with Gasteiger partial charge in [0, 0.05) is 37.9 Å². The lowest BCUT2D eigenvalue weighted by molar-refractivity contribution is -0.137. The highest BCUT2D eigenvalue weighted by Crippen LogP contribution is 2.50. The first kappa shape index (κ1) is 35.4. The fourth-order valence-electron chi connectivity index (χ4n) is 9.24. The Morgan fingerprint density at radius 2 is 0.770 bits per heavy atom. The van der Waals surface area contributed by atoms with Crippen LogP contribution in [0.15, 0.2) is 142 Å². The molecule has 4 aromatic heterocycles. The van der Waals surface area contributed by atoms with E-state index in [1.54, 1.807) is 121 Å². The zero-order valence-corrected chi connectivity index (χ0v) is 30.9. The van der Waals surface area contributed by atoms with Crippen molar-refractivity contribution in [2.24, 2.45) is 0 Å². The summed E-state index contributed by atoms with van der Waals surface area (Å²) in [5.74, 6) is -11.4. The van der Waals surface area contributed by atoms with Crippen LogP contribution < -0.4 is 0 Å². The molecule has 0 amide bonds. The maximum atomic E-state index is 16.8. The molecule has 0 aliphatic rings. The fraction of sp³-hybridized carbons (Fsp3) is 0.0204. The van der Waals surface area contributed by atoms with Gasteiger partial charge < -0.3 is 18.0 Å². The molecule has 0 bridgehead atoms. The Labute approximate surface area is 336 Å². The van der Waals surface area contributed by atoms with Gasteiger partial charge in [0.25, 0.3) is 0 Å². The largest absolute Gasteiger partial charge is 0.456 e. The summed E-state index contributed by atoms with van der Waals surface area (Å²) in [4.78, 5) is 0. The van der Waals surface area contributed by atoms with E-state index in [1.165, 1.54) is 9.13 Å². The van der Waals surface area contributed by atoms with E-state index < -0.39 is 63.3 Å². The third-order valence-electron chi connectivity index (χ3n) is 11.7. The minimum absolute atomic E-state index is 0.282. The van der Waals surface area contributed by atoms with Gasteiger partial charge in [-0.15, -0.1) is 0 Å². The number of nitrogens with zero attached hydrogens (tertiary/aromatic N) is 2. The van der Waals surface area contributed by atoms with Crippen LogP contribution in [0.25, 0.3) is 110 Å². The van der Waals surface area contributed by atoms with Gasteiger partial charge in [-0.1, -0.05) is 72.8 Å². The number of benzene rings is 8. The van der Waals surface area contributed by atoms with Crippen molar-refractivity contribution in [1.82, 2.24) is 9.13 Å². The molecule has 0 N–H and O–H groups in total. The third-order valence-corrected chi connectivity index (χ3v) is 11.7. The molecule has 0 saturated heterocycles. The Morgan fingerprint density at radius 1 is 0.377 bits per heavy atom. The average Bonchev–Trinajstić information content (AvgIpc) is 4.02. The standard InChI is InChI=1S/C49H22F8N2O2/c50-42-41(43(51)45(53)46(54)44(42)52)40-32(58-30-13-5-1-9-24(30)26-17-19-36-38(47(26)58)28-11-3-7-15-34(28)60-36)21-23(49(55,56)57)22-33(40)59-31-14-6-2-10-25(31)27-18-20-37-39(48(27)59)29-12-4-8-16-35(29)61-37/h1-22H. The lowest BCUT2D eigenvalue weighted by Crippen LogP contribution is -2.13. The number of aromatic nitrogens is 2. The predicted molar refractivity (Wildman–Crippen MR) is 220 cm³/mol. The quantitative estimate of drug-likeness (QED) is 0.101. The van der Waals surface area contributed by atoms with Gasteiger partial charge in [-0.3, -0.25) is 0 Å². The van der Waals surface area contributed by atoms with Gasteiger partial charge in [0.2, 0.25) is 5.82 Å². The third kappa shape index (κ3) is 4.69.